The third-order valence-electron chi connectivity index (χ3n) is 2.23. The molecule has 5 nitrogen and oxygen atoms in total. The highest BCUT2D eigenvalue weighted by molar-refractivity contribution is 5.94. The Hall–Kier alpha value is -2.14. The highest BCUT2D eigenvalue weighted by Gasteiger charge is 2.13. The molecule has 0 spiro atoms. The maximum Gasteiger partial charge on any atom is 0.254 e. The highest BCUT2D eigenvalue weighted by Crippen LogP contribution is 2.10. The van der Waals surface area contributed by atoms with Gasteiger partial charge in [0, 0.05) is 18.0 Å². The molecule has 1 aromatic rings. The van der Waals surface area contributed by atoms with Crippen molar-refractivity contribution < 1.29 is 13.6 Å². The number of carbonyl (C=O) groups is 1. The monoisotopic (exact) mass is 254 g/mol. The minimum absolute atomic E-state index is 0.315. The molecule has 0 atom stereocenters. The SMILES string of the molecule is [N-]=[N+]=NCCCCNC(=O)c1cccc(F)c1F. The molecule has 0 bridgehead atoms. The minimum Gasteiger partial charge on any atom is -0.352 e. The van der Waals surface area contributed by atoms with E-state index in [0.29, 0.717) is 25.9 Å². The van der Waals surface area contributed by atoms with Crippen LogP contribution in [-0.2, 0) is 0 Å². The van der Waals surface area contributed by atoms with Gasteiger partial charge in [0.15, 0.2) is 11.6 Å². The molecule has 7 heteroatoms. The Balaban J connectivity index is 2.41. The van der Waals surface area contributed by atoms with Crippen molar-refractivity contribution in [3.63, 3.8) is 0 Å². The predicted octanol–water partition coefficient (Wildman–Crippen LogP) is 2.79. The molecule has 0 saturated heterocycles. The fraction of sp³-hybridized carbons (Fsp3) is 0.364. The number of hydrogen-bond acceptors (Lipinski definition) is 2. The van der Waals surface area contributed by atoms with Gasteiger partial charge in [-0.3, -0.25) is 4.79 Å². The van der Waals surface area contributed by atoms with Gasteiger partial charge in [0.2, 0.25) is 0 Å². The van der Waals surface area contributed by atoms with Crippen LogP contribution in [0.15, 0.2) is 23.3 Å². The summed E-state index contributed by atoms with van der Waals surface area (Å²) in [6.45, 7) is 0.663. The summed E-state index contributed by atoms with van der Waals surface area (Å²) >= 11 is 0. The van der Waals surface area contributed by atoms with Crippen molar-refractivity contribution in [3.05, 3.63) is 45.8 Å². The van der Waals surface area contributed by atoms with E-state index in [9.17, 15) is 13.6 Å². The van der Waals surface area contributed by atoms with Gasteiger partial charge in [-0.1, -0.05) is 11.2 Å². The molecule has 96 valence electrons. The minimum atomic E-state index is -1.15. The van der Waals surface area contributed by atoms with Crippen LogP contribution in [0.1, 0.15) is 23.2 Å². The maximum atomic E-state index is 13.2. The van der Waals surface area contributed by atoms with Crippen LogP contribution in [0, 0.1) is 11.6 Å². The van der Waals surface area contributed by atoms with E-state index < -0.39 is 17.5 Å². The first-order chi connectivity index (χ1) is 8.66. The Labute approximate surface area is 102 Å². The second-order valence-electron chi connectivity index (χ2n) is 3.52. The number of amides is 1. The molecule has 18 heavy (non-hydrogen) atoms. The van der Waals surface area contributed by atoms with Crippen molar-refractivity contribution in [1.82, 2.24) is 5.32 Å². The van der Waals surface area contributed by atoms with Gasteiger partial charge >= 0.3 is 0 Å². The molecule has 0 unspecified atom stereocenters. The zero-order valence-electron chi connectivity index (χ0n) is 9.57. The van der Waals surface area contributed by atoms with Crippen LogP contribution in [0.5, 0.6) is 0 Å². The van der Waals surface area contributed by atoms with Crippen LogP contribution < -0.4 is 5.32 Å². The molecule has 0 aliphatic carbocycles. The van der Waals surface area contributed by atoms with Gasteiger partial charge in [-0.25, -0.2) is 8.78 Å². The van der Waals surface area contributed by atoms with E-state index in [2.05, 4.69) is 15.3 Å². The second kappa shape index (κ2) is 7.24. The van der Waals surface area contributed by atoms with Crippen molar-refractivity contribution in [2.45, 2.75) is 12.8 Å². The molecule has 1 aromatic carbocycles. The lowest BCUT2D eigenvalue weighted by Gasteiger charge is -2.05. The molecule has 0 radical (unpaired) electrons. The zero-order valence-corrected chi connectivity index (χ0v) is 9.57. The van der Waals surface area contributed by atoms with Crippen LogP contribution in [0.2, 0.25) is 0 Å². The summed E-state index contributed by atoms with van der Waals surface area (Å²) in [5.41, 5.74) is 7.71. The number of nitrogens with one attached hydrogen (secondary N) is 1. The van der Waals surface area contributed by atoms with E-state index in [0.717, 1.165) is 6.07 Å². The van der Waals surface area contributed by atoms with Crippen molar-refractivity contribution in [2.75, 3.05) is 13.1 Å². The highest BCUT2D eigenvalue weighted by atomic mass is 19.2. The zero-order chi connectivity index (χ0) is 13.4. The molecule has 1 rings (SSSR count). The number of halogens is 2. The van der Waals surface area contributed by atoms with Gasteiger partial charge < -0.3 is 5.32 Å². The van der Waals surface area contributed by atoms with Crippen LogP contribution in [0.4, 0.5) is 8.78 Å². The largest absolute Gasteiger partial charge is 0.352 e. The van der Waals surface area contributed by atoms with Gasteiger partial charge in [0.05, 0.1) is 5.56 Å². The second-order valence-corrected chi connectivity index (χ2v) is 3.52. The van der Waals surface area contributed by atoms with E-state index in [4.69, 9.17) is 5.53 Å². The third kappa shape index (κ3) is 4.03. The number of benzene rings is 1. The maximum absolute atomic E-state index is 13.2. The normalized spacial score (nSPS) is 9.67. The molecular weight excluding hydrogens is 242 g/mol. The summed E-state index contributed by atoms with van der Waals surface area (Å²) in [6, 6.07) is 3.44. The predicted molar refractivity (Wildman–Crippen MR) is 61.9 cm³/mol. The lowest BCUT2D eigenvalue weighted by Crippen LogP contribution is -2.25. The quantitative estimate of drug-likeness (QED) is 0.360. The lowest BCUT2D eigenvalue weighted by molar-refractivity contribution is 0.0948. The van der Waals surface area contributed by atoms with Crippen molar-refractivity contribution >= 4 is 5.91 Å². The summed E-state index contributed by atoms with van der Waals surface area (Å²) in [5, 5.41) is 5.79. The topological polar surface area (TPSA) is 77.9 Å². The van der Waals surface area contributed by atoms with Crippen LogP contribution in [0.25, 0.3) is 10.4 Å². The van der Waals surface area contributed by atoms with Crippen LogP contribution >= 0.6 is 0 Å². The van der Waals surface area contributed by atoms with Crippen molar-refractivity contribution in [1.29, 1.82) is 0 Å². The Kier molecular flexibility index (Phi) is 5.60. The summed E-state index contributed by atoms with van der Waals surface area (Å²) in [5.74, 6) is -2.86. The number of carbonyl (C=O) groups excluding carboxylic acids is 1. The van der Waals surface area contributed by atoms with Crippen LogP contribution in [-0.4, -0.2) is 19.0 Å². The third-order valence-corrected chi connectivity index (χ3v) is 2.23. The van der Waals surface area contributed by atoms with E-state index >= 15 is 0 Å². The van der Waals surface area contributed by atoms with Gasteiger partial charge in [0.1, 0.15) is 0 Å². The van der Waals surface area contributed by atoms with Gasteiger partial charge in [-0.15, -0.1) is 0 Å². The smallest absolute Gasteiger partial charge is 0.254 e. The van der Waals surface area contributed by atoms with Crippen LogP contribution in [0.3, 0.4) is 0 Å². The molecule has 0 heterocycles. The van der Waals surface area contributed by atoms with E-state index in [1.54, 1.807) is 0 Å². The number of hydrogen-bond donors (Lipinski definition) is 1. The fourth-order valence-corrected chi connectivity index (χ4v) is 1.33. The Morgan fingerprint density at radius 1 is 1.39 bits per heavy atom. The number of nitrogens with zero attached hydrogens (tertiary/aromatic N) is 3. The number of unbranched alkanes of at least 4 members (excludes halogenated alkanes) is 1. The standard InChI is InChI=1S/C11H12F2N4O/c12-9-5-3-4-8(10(9)13)11(18)15-6-1-2-7-16-17-14/h3-5H,1-2,6-7H2,(H,15,18). The average Bonchev–Trinajstić information content (AvgIpc) is 2.36. The van der Waals surface area contributed by atoms with Gasteiger partial charge in [0.25, 0.3) is 5.91 Å². The fourth-order valence-electron chi connectivity index (χ4n) is 1.33. The van der Waals surface area contributed by atoms with Gasteiger partial charge in [-0.05, 0) is 30.5 Å². The number of azide groups is 1. The molecule has 0 fully saturated rings. The van der Waals surface area contributed by atoms with Crippen molar-refractivity contribution in [2.24, 2.45) is 5.11 Å². The molecule has 1 amide bonds. The molecule has 0 saturated carbocycles. The summed E-state index contributed by atoms with van der Waals surface area (Å²) < 4.78 is 26.1. The first-order valence-corrected chi connectivity index (χ1v) is 5.40. The number of rotatable bonds is 6. The van der Waals surface area contributed by atoms with Gasteiger partial charge in [-0.2, -0.15) is 0 Å². The first kappa shape index (κ1) is 13.9. The summed E-state index contributed by atoms with van der Waals surface area (Å²) in [6.07, 6.45) is 1.22. The van der Waals surface area contributed by atoms with E-state index in [-0.39, 0.29) is 5.56 Å². The first-order valence-electron chi connectivity index (χ1n) is 5.40. The van der Waals surface area contributed by atoms with Crippen molar-refractivity contribution in [3.8, 4) is 0 Å². The molecule has 1 N–H and O–H groups in total. The Bertz CT molecular complexity index is 472. The Morgan fingerprint density at radius 2 is 2.17 bits per heavy atom. The summed E-state index contributed by atoms with van der Waals surface area (Å²) in [7, 11) is 0. The van der Waals surface area contributed by atoms with E-state index in [1.165, 1.54) is 12.1 Å². The van der Waals surface area contributed by atoms with E-state index in [1.807, 2.05) is 0 Å². The Morgan fingerprint density at radius 3 is 2.89 bits per heavy atom. The molecule has 0 aliphatic heterocycles. The molecule has 0 aliphatic rings. The molecule has 0 aromatic heterocycles. The lowest BCUT2D eigenvalue weighted by atomic mass is 10.2. The average molecular weight is 254 g/mol. The summed E-state index contributed by atoms with van der Waals surface area (Å²) in [4.78, 5) is 14.1. The molecular formula is C11H12F2N4O.